The highest BCUT2D eigenvalue weighted by Gasteiger charge is 2.15. The highest BCUT2D eigenvalue weighted by atomic mass is 127. The van der Waals surface area contributed by atoms with Gasteiger partial charge >= 0.3 is 0 Å². The third kappa shape index (κ3) is 1.99. The van der Waals surface area contributed by atoms with Crippen LogP contribution in [0.2, 0.25) is 0 Å². The van der Waals surface area contributed by atoms with Gasteiger partial charge in [-0.3, -0.25) is 4.79 Å². The average Bonchev–Trinajstić information content (AvgIpc) is 2.94. The van der Waals surface area contributed by atoms with Gasteiger partial charge in [0.1, 0.15) is 0 Å². The van der Waals surface area contributed by atoms with Crippen LogP contribution in [0, 0.1) is 9.81 Å². The fraction of sp³-hybridized carbons (Fsp3) is 0.0714. The number of aromatic amines is 1. The number of ketones is 1. The van der Waals surface area contributed by atoms with Crippen molar-refractivity contribution >= 4 is 50.6 Å². The summed E-state index contributed by atoms with van der Waals surface area (Å²) in [6.45, 7) is 2.04. The largest absolute Gasteiger partial charge is 0.360 e. The number of carbonyl (C=O) groups is 1. The SMILES string of the molecule is Cc1ccc2[nH]cc(C(=O)c3csc(I)c3)c2c1. The third-order valence-corrected chi connectivity index (χ3v) is 4.70. The lowest BCUT2D eigenvalue weighted by Gasteiger charge is -1.97. The number of halogens is 1. The van der Waals surface area contributed by atoms with E-state index >= 15 is 0 Å². The zero-order chi connectivity index (χ0) is 12.7. The van der Waals surface area contributed by atoms with Crippen molar-refractivity contribution in [1.29, 1.82) is 0 Å². The van der Waals surface area contributed by atoms with Gasteiger partial charge in [-0.05, 0) is 47.7 Å². The van der Waals surface area contributed by atoms with E-state index in [4.69, 9.17) is 0 Å². The molecule has 0 aliphatic carbocycles. The minimum Gasteiger partial charge on any atom is -0.360 e. The summed E-state index contributed by atoms with van der Waals surface area (Å²) in [4.78, 5) is 15.6. The normalized spacial score (nSPS) is 11.0. The highest BCUT2D eigenvalue weighted by molar-refractivity contribution is 14.1. The van der Waals surface area contributed by atoms with Crippen molar-refractivity contribution < 1.29 is 4.79 Å². The molecule has 0 unspecified atom stereocenters. The predicted molar refractivity (Wildman–Crippen MR) is 83.5 cm³/mol. The molecule has 0 aliphatic heterocycles. The number of hydrogen-bond acceptors (Lipinski definition) is 2. The lowest BCUT2D eigenvalue weighted by molar-refractivity contribution is 0.104. The van der Waals surface area contributed by atoms with Crippen molar-refractivity contribution in [3.05, 3.63) is 55.4 Å². The minimum absolute atomic E-state index is 0.0889. The van der Waals surface area contributed by atoms with Crippen LogP contribution in [0.5, 0.6) is 0 Å². The molecule has 0 saturated heterocycles. The molecule has 2 heterocycles. The van der Waals surface area contributed by atoms with Gasteiger partial charge in [-0.2, -0.15) is 0 Å². The molecule has 2 aromatic heterocycles. The molecular weight excluding hydrogens is 357 g/mol. The number of carbonyl (C=O) groups excluding carboxylic acids is 1. The molecule has 0 saturated carbocycles. The van der Waals surface area contributed by atoms with Crippen LogP contribution < -0.4 is 0 Å². The van der Waals surface area contributed by atoms with Gasteiger partial charge in [0, 0.05) is 33.6 Å². The second kappa shape index (κ2) is 4.51. The van der Waals surface area contributed by atoms with E-state index in [1.165, 1.54) is 0 Å². The van der Waals surface area contributed by atoms with Crippen LogP contribution in [0.1, 0.15) is 21.5 Å². The first-order chi connectivity index (χ1) is 8.65. The first kappa shape index (κ1) is 11.9. The Morgan fingerprint density at radius 2 is 2.17 bits per heavy atom. The Morgan fingerprint density at radius 1 is 1.33 bits per heavy atom. The summed E-state index contributed by atoms with van der Waals surface area (Å²) in [5.41, 5.74) is 3.69. The highest BCUT2D eigenvalue weighted by Crippen LogP contribution is 2.25. The predicted octanol–water partition coefficient (Wildman–Crippen LogP) is 4.37. The van der Waals surface area contributed by atoms with Crippen molar-refractivity contribution in [2.24, 2.45) is 0 Å². The summed E-state index contributed by atoms with van der Waals surface area (Å²) in [6, 6.07) is 8.04. The monoisotopic (exact) mass is 367 g/mol. The quantitative estimate of drug-likeness (QED) is 0.530. The maximum absolute atomic E-state index is 12.4. The van der Waals surface area contributed by atoms with Gasteiger partial charge in [-0.25, -0.2) is 0 Å². The summed E-state index contributed by atoms with van der Waals surface area (Å²) >= 11 is 3.83. The molecule has 3 rings (SSSR count). The first-order valence-corrected chi connectivity index (χ1v) is 7.47. The summed E-state index contributed by atoms with van der Waals surface area (Å²) in [5.74, 6) is 0.0889. The number of aromatic nitrogens is 1. The molecule has 1 aromatic carbocycles. The van der Waals surface area contributed by atoms with Crippen LogP contribution >= 0.6 is 33.9 Å². The van der Waals surface area contributed by atoms with Gasteiger partial charge in [-0.15, -0.1) is 11.3 Å². The number of aryl methyl sites for hydroxylation is 1. The molecule has 2 nitrogen and oxygen atoms in total. The van der Waals surface area contributed by atoms with Gasteiger partial charge < -0.3 is 4.98 Å². The van der Waals surface area contributed by atoms with Crippen LogP contribution in [0.25, 0.3) is 10.9 Å². The molecule has 0 bridgehead atoms. The molecule has 0 spiro atoms. The summed E-state index contributed by atoms with van der Waals surface area (Å²) in [6.07, 6.45) is 1.80. The Balaban J connectivity index is 2.14. The van der Waals surface area contributed by atoms with Crippen LogP contribution in [0.3, 0.4) is 0 Å². The summed E-state index contributed by atoms with van der Waals surface area (Å²) in [5, 5.41) is 2.92. The smallest absolute Gasteiger partial charge is 0.196 e. The summed E-state index contributed by atoms with van der Waals surface area (Å²) < 4.78 is 1.13. The molecule has 1 N–H and O–H groups in total. The molecule has 0 radical (unpaired) electrons. The van der Waals surface area contributed by atoms with Crippen LogP contribution in [0.15, 0.2) is 35.8 Å². The molecule has 18 heavy (non-hydrogen) atoms. The topological polar surface area (TPSA) is 32.9 Å². The second-order valence-corrected chi connectivity index (χ2v) is 7.03. The van der Waals surface area contributed by atoms with E-state index in [0.29, 0.717) is 0 Å². The average molecular weight is 367 g/mol. The maximum Gasteiger partial charge on any atom is 0.196 e. The number of H-pyrrole nitrogens is 1. The van der Waals surface area contributed by atoms with Crippen molar-refractivity contribution in [2.45, 2.75) is 6.92 Å². The molecule has 0 amide bonds. The van der Waals surface area contributed by atoms with Gasteiger partial charge in [0.15, 0.2) is 5.78 Å². The number of nitrogens with one attached hydrogen (secondary N) is 1. The zero-order valence-electron chi connectivity index (χ0n) is 9.66. The Labute approximate surface area is 122 Å². The lowest BCUT2D eigenvalue weighted by atomic mass is 10.0. The van der Waals surface area contributed by atoms with Crippen LogP contribution in [0.4, 0.5) is 0 Å². The minimum atomic E-state index is 0.0889. The number of rotatable bonds is 2. The van der Waals surface area contributed by atoms with Gasteiger partial charge in [0.2, 0.25) is 0 Å². The Kier molecular flexibility index (Phi) is 2.99. The van der Waals surface area contributed by atoms with E-state index in [2.05, 4.69) is 33.6 Å². The Hall–Kier alpha value is -1.14. The number of fused-ring (bicyclic) bond motifs is 1. The fourth-order valence-corrected chi connectivity index (χ4v) is 3.33. The second-order valence-electron chi connectivity index (χ2n) is 4.22. The first-order valence-electron chi connectivity index (χ1n) is 5.51. The standard InChI is InChI=1S/C14H10INOS/c1-8-2-3-12-10(4-8)11(6-16-12)14(17)9-5-13(15)18-7-9/h2-7,16H,1H3. The maximum atomic E-state index is 12.4. The van der Waals surface area contributed by atoms with Crippen molar-refractivity contribution in [1.82, 2.24) is 4.98 Å². The molecule has 0 atom stereocenters. The number of hydrogen-bond donors (Lipinski definition) is 1. The zero-order valence-corrected chi connectivity index (χ0v) is 12.6. The fourth-order valence-electron chi connectivity index (χ4n) is 2.01. The van der Waals surface area contributed by atoms with Crippen molar-refractivity contribution in [2.75, 3.05) is 0 Å². The van der Waals surface area contributed by atoms with Crippen LogP contribution in [-0.2, 0) is 0 Å². The van der Waals surface area contributed by atoms with E-state index in [0.717, 1.165) is 30.5 Å². The number of benzene rings is 1. The Morgan fingerprint density at radius 3 is 2.89 bits per heavy atom. The molecule has 4 heteroatoms. The molecule has 90 valence electrons. The van der Waals surface area contributed by atoms with E-state index in [9.17, 15) is 4.79 Å². The van der Waals surface area contributed by atoms with Crippen LogP contribution in [-0.4, -0.2) is 10.8 Å². The summed E-state index contributed by atoms with van der Waals surface area (Å²) in [7, 11) is 0. The van der Waals surface area contributed by atoms with Crippen molar-refractivity contribution in [3.8, 4) is 0 Å². The van der Waals surface area contributed by atoms with E-state index in [1.54, 1.807) is 17.5 Å². The van der Waals surface area contributed by atoms with E-state index in [-0.39, 0.29) is 5.78 Å². The number of thiophene rings is 1. The lowest BCUT2D eigenvalue weighted by Crippen LogP contribution is -1.98. The van der Waals surface area contributed by atoms with E-state index in [1.807, 2.05) is 30.5 Å². The Bertz CT molecular complexity index is 741. The molecule has 3 aromatic rings. The van der Waals surface area contributed by atoms with Gasteiger partial charge in [-0.1, -0.05) is 11.6 Å². The van der Waals surface area contributed by atoms with Gasteiger partial charge in [0.05, 0.1) is 2.88 Å². The van der Waals surface area contributed by atoms with Crippen molar-refractivity contribution in [3.63, 3.8) is 0 Å². The molecule has 0 fully saturated rings. The molecule has 0 aliphatic rings. The van der Waals surface area contributed by atoms with Gasteiger partial charge in [0.25, 0.3) is 0 Å². The third-order valence-electron chi connectivity index (χ3n) is 2.91. The van der Waals surface area contributed by atoms with E-state index < -0.39 is 0 Å². The molecular formula is C14H10INOS.